The van der Waals surface area contributed by atoms with E-state index in [4.69, 9.17) is 0 Å². The van der Waals surface area contributed by atoms with Crippen molar-refractivity contribution in [2.24, 2.45) is 0 Å². The van der Waals surface area contributed by atoms with Crippen LogP contribution >= 0.6 is 0 Å². The second-order valence-corrected chi connectivity index (χ2v) is 5.22. The first-order chi connectivity index (χ1) is 11.8. The Labute approximate surface area is 138 Å². The van der Waals surface area contributed by atoms with Crippen molar-refractivity contribution in [3.8, 4) is 0 Å². The number of hydrogen-bond acceptors (Lipinski definition) is 2. The standard InChI is InChI=1S/C17H10F4N2O2/c18-9-4-6-10(7-5-9)23-16(25)12-8-22-14-11(15(12)24)2-1-3-13(14)17(19,20)21/h1-8H,(H,22,24)(H,23,25). The molecule has 0 aliphatic heterocycles. The molecule has 0 saturated carbocycles. The molecule has 0 atom stereocenters. The number of hydrogen-bond donors (Lipinski definition) is 2. The Hall–Kier alpha value is -3.16. The van der Waals surface area contributed by atoms with Crippen LogP contribution in [-0.2, 0) is 6.18 Å². The van der Waals surface area contributed by atoms with Crippen molar-refractivity contribution in [3.63, 3.8) is 0 Å². The molecule has 0 saturated heterocycles. The lowest BCUT2D eigenvalue weighted by Crippen LogP contribution is -2.22. The third kappa shape index (κ3) is 3.23. The van der Waals surface area contributed by atoms with Gasteiger partial charge < -0.3 is 10.3 Å². The first-order valence-corrected chi connectivity index (χ1v) is 7.06. The van der Waals surface area contributed by atoms with Gasteiger partial charge in [-0.1, -0.05) is 6.07 Å². The van der Waals surface area contributed by atoms with Crippen LogP contribution in [0.4, 0.5) is 23.2 Å². The Kier molecular flexibility index (Phi) is 4.03. The van der Waals surface area contributed by atoms with E-state index >= 15 is 0 Å². The van der Waals surface area contributed by atoms with E-state index in [9.17, 15) is 27.2 Å². The lowest BCUT2D eigenvalue weighted by Gasteiger charge is -2.11. The zero-order valence-electron chi connectivity index (χ0n) is 12.4. The Bertz CT molecular complexity index is 1010. The van der Waals surface area contributed by atoms with Crippen LogP contribution in [0.5, 0.6) is 0 Å². The number of anilines is 1. The second-order valence-electron chi connectivity index (χ2n) is 5.22. The molecule has 1 amide bonds. The first-order valence-electron chi connectivity index (χ1n) is 7.06. The maximum absolute atomic E-state index is 13.0. The van der Waals surface area contributed by atoms with E-state index in [1.165, 1.54) is 18.2 Å². The van der Waals surface area contributed by atoms with Gasteiger partial charge >= 0.3 is 6.18 Å². The van der Waals surface area contributed by atoms with Crippen molar-refractivity contribution in [2.45, 2.75) is 6.18 Å². The number of carbonyl (C=O) groups is 1. The molecule has 0 unspecified atom stereocenters. The van der Waals surface area contributed by atoms with Gasteiger partial charge in [0.15, 0.2) is 0 Å². The van der Waals surface area contributed by atoms with Crippen LogP contribution in [0.15, 0.2) is 53.5 Å². The van der Waals surface area contributed by atoms with Crippen LogP contribution in [0.1, 0.15) is 15.9 Å². The number of rotatable bonds is 2. The summed E-state index contributed by atoms with van der Waals surface area (Å²) in [5.41, 5.74) is -2.32. The Balaban J connectivity index is 2.03. The number of aromatic amines is 1. The van der Waals surface area contributed by atoms with Gasteiger partial charge in [-0.15, -0.1) is 0 Å². The van der Waals surface area contributed by atoms with E-state index in [-0.39, 0.29) is 16.6 Å². The molecule has 2 aromatic carbocycles. The number of H-pyrrole nitrogens is 1. The van der Waals surface area contributed by atoms with Gasteiger partial charge in [-0.2, -0.15) is 13.2 Å². The van der Waals surface area contributed by atoms with Gasteiger partial charge in [0.25, 0.3) is 5.91 Å². The van der Waals surface area contributed by atoms with Gasteiger partial charge in [0.1, 0.15) is 11.4 Å². The minimum atomic E-state index is -4.64. The summed E-state index contributed by atoms with van der Waals surface area (Å²) in [6.07, 6.45) is -3.71. The minimum Gasteiger partial charge on any atom is -0.360 e. The van der Waals surface area contributed by atoms with E-state index in [1.807, 2.05) is 0 Å². The fraction of sp³-hybridized carbons (Fsp3) is 0.0588. The summed E-state index contributed by atoms with van der Waals surface area (Å²) in [7, 11) is 0. The highest BCUT2D eigenvalue weighted by Gasteiger charge is 2.33. The fourth-order valence-electron chi connectivity index (χ4n) is 2.39. The summed E-state index contributed by atoms with van der Waals surface area (Å²) in [5, 5.41) is 2.14. The van der Waals surface area contributed by atoms with Crippen LogP contribution in [0.2, 0.25) is 0 Å². The minimum absolute atomic E-state index is 0.245. The van der Waals surface area contributed by atoms with E-state index in [1.54, 1.807) is 0 Å². The van der Waals surface area contributed by atoms with Crippen molar-refractivity contribution in [3.05, 3.63) is 75.8 Å². The Morgan fingerprint density at radius 1 is 1.04 bits per heavy atom. The summed E-state index contributed by atoms with van der Waals surface area (Å²) < 4.78 is 51.9. The summed E-state index contributed by atoms with van der Waals surface area (Å²) in [6, 6.07) is 7.98. The lowest BCUT2D eigenvalue weighted by molar-refractivity contribution is -0.136. The van der Waals surface area contributed by atoms with Crippen LogP contribution < -0.4 is 10.7 Å². The van der Waals surface area contributed by atoms with Crippen molar-refractivity contribution < 1.29 is 22.4 Å². The molecule has 0 spiro atoms. The maximum atomic E-state index is 13.0. The quantitative estimate of drug-likeness (QED) is 0.688. The molecule has 8 heteroatoms. The Morgan fingerprint density at radius 2 is 1.72 bits per heavy atom. The average Bonchev–Trinajstić information content (AvgIpc) is 2.56. The van der Waals surface area contributed by atoms with E-state index in [2.05, 4.69) is 10.3 Å². The van der Waals surface area contributed by atoms with Crippen LogP contribution in [0, 0.1) is 5.82 Å². The topological polar surface area (TPSA) is 62.0 Å². The van der Waals surface area contributed by atoms with Gasteiger partial charge in [0.2, 0.25) is 5.43 Å². The normalized spacial score (nSPS) is 11.5. The molecule has 25 heavy (non-hydrogen) atoms. The van der Waals surface area contributed by atoms with E-state index in [0.717, 1.165) is 30.5 Å². The van der Waals surface area contributed by atoms with Crippen LogP contribution in [0.3, 0.4) is 0 Å². The molecule has 128 valence electrons. The van der Waals surface area contributed by atoms with Crippen molar-refractivity contribution in [1.29, 1.82) is 0 Å². The molecule has 0 fully saturated rings. The largest absolute Gasteiger partial charge is 0.418 e. The number of amides is 1. The number of nitrogens with one attached hydrogen (secondary N) is 2. The summed E-state index contributed by atoms with van der Waals surface area (Å²) in [6.45, 7) is 0. The number of aromatic nitrogens is 1. The van der Waals surface area contributed by atoms with Gasteiger partial charge in [0.05, 0.1) is 11.1 Å². The third-order valence-electron chi connectivity index (χ3n) is 3.57. The Morgan fingerprint density at radius 3 is 2.36 bits per heavy atom. The predicted octanol–water partition coefficient (Wildman–Crippen LogP) is 3.94. The summed E-state index contributed by atoms with van der Waals surface area (Å²) >= 11 is 0. The average molecular weight is 350 g/mol. The van der Waals surface area contributed by atoms with E-state index < -0.39 is 34.4 Å². The zero-order valence-corrected chi connectivity index (χ0v) is 12.4. The van der Waals surface area contributed by atoms with Gasteiger partial charge in [0, 0.05) is 17.3 Å². The van der Waals surface area contributed by atoms with Crippen molar-refractivity contribution in [2.75, 3.05) is 5.32 Å². The number of para-hydroxylation sites is 1. The number of carbonyl (C=O) groups excluding carboxylic acids is 1. The molecule has 0 aliphatic carbocycles. The number of alkyl halides is 3. The molecule has 0 bridgehead atoms. The number of fused-ring (bicyclic) bond motifs is 1. The maximum Gasteiger partial charge on any atom is 0.418 e. The molecule has 3 aromatic rings. The molecule has 0 radical (unpaired) electrons. The van der Waals surface area contributed by atoms with Crippen LogP contribution in [0.25, 0.3) is 10.9 Å². The third-order valence-corrected chi connectivity index (χ3v) is 3.57. The molecule has 2 N–H and O–H groups in total. The highest BCUT2D eigenvalue weighted by Crippen LogP contribution is 2.33. The van der Waals surface area contributed by atoms with E-state index in [0.29, 0.717) is 0 Å². The molecule has 1 aromatic heterocycles. The second kappa shape index (κ2) is 6.04. The molecular formula is C17H10F4N2O2. The molecule has 0 aliphatic rings. The first kappa shape index (κ1) is 16.7. The number of benzene rings is 2. The van der Waals surface area contributed by atoms with Crippen molar-refractivity contribution >= 4 is 22.5 Å². The fourth-order valence-corrected chi connectivity index (χ4v) is 2.39. The highest BCUT2D eigenvalue weighted by molar-refractivity contribution is 6.05. The van der Waals surface area contributed by atoms with Gasteiger partial charge in [-0.25, -0.2) is 4.39 Å². The smallest absolute Gasteiger partial charge is 0.360 e. The summed E-state index contributed by atoms with van der Waals surface area (Å²) in [5.74, 6) is -1.31. The molecular weight excluding hydrogens is 340 g/mol. The molecule has 4 nitrogen and oxygen atoms in total. The molecule has 3 rings (SSSR count). The number of pyridine rings is 1. The van der Waals surface area contributed by atoms with Crippen molar-refractivity contribution in [1.82, 2.24) is 4.98 Å². The zero-order chi connectivity index (χ0) is 18.2. The van der Waals surface area contributed by atoms with Crippen LogP contribution in [-0.4, -0.2) is 10.9 Å². The predicted molar refractivity (Wildman–Crippen MR) is 83.9 cm³/mol. The molecule has 1 heterocycles. The number of halogens is 4. The lowest BCUT2D eigenvalue weighted by atomic mass is 10.1. The monoisotopic (exact) mass is 350 g/mol. The highest BCUT2D eigenvalue weighted by atomic mass is 19.4. The SMILES string of the molecule is O=C(Nc1ccc(F)cc1)c1c[nH]c2c(C(F)(F)F)cccc2c1=O. The summed E-state index contributed by atoms with van der Waals surface area (Å²) in [4.78, 5) is 27.0. The van der Waals surface area contributed by atoms with Gasteiger partial charge in [-0.05, 0) is 36.4 Å². The van der Waals surface area contributed by atoms with Gasteiger partial charge in [-0.3, -0.25) is 9.59 Å².